The van der Waals surface area contributed by atoms with Crippen molar-refractivity contribution in [2.45, 2.75) is 38.8 Å². The van der Waals surface area contributed by atoms with Crippen LogP contribution in [0, 0.1) is 0 Å². The molecule has 0 aromatic rings. The summed E-state index contributed by atoms with van der Waals surface area (Å²) >= 11 is 0. The first-order valence-corrected chi connectivity index (χ1v) is 3.60. The van der Waals surface area contributed by atoms with Gasteiger partial charge in [0, 0.05) is 13.3 Å². The fraction of sp³-hybridized carbons (Fsp3) is 0.857. The molecule has 0 spiro atoms. The molecular formula is C7H12O4. The van der Waals surface area contributed by atoms with Crippen LogP contribution in [0.5, 0.6) is 0 Å². The van der Waals surface area contributed by atoms with Gasteiger partial charge in [-0.3, -0.25) is 4.79 Å². The average molecular weight is 160 g/mol. The van der Waals surface area contributed by atoms with Crippen molar-refractivity contribution >= 4 is 5.97 Å². The highest BCUT2D eigenvalue weighted by Crippen LogP contribution is 2.20. The third-order valence-corrected chi connectivity index (χ3v) is 1.65. The number of rotatable bonds is 1. The molecule has 0 aromatic carbocycles. The monoisotopic (exact) mass is 160 g/mol. The van der Waals surface area contributed by atoms with Gasteiger partial charge in [-0.25, -0.2) is 0 Å². The van der Waals surface area contributed by atoms with E-state index < -0.39 is 6.29 Å². The standard InChI is InChI=1S/C7H12O4/c1-4-6(11-5(2)8)3-7(9)10-4/h4,6-7,9H,3H2,1-2H3/t4-,6+,7?/m1/s1. The molecule has 1 aliphatic heterocycles. The molecule has 1 rings (SSSR count). The van der Waals surface area contributed by atoms with Crippen molar-refractivity contribution in [2.24, 2.45) is 0 Å². The summed E-state index contributed by atoms with van der Waals surface area (Å²) in [4.78, 5) is 10.5. The highest BCUT2D eigenvalue weighted by molar-refractivity contribution is 5.66. The van der Waals surface area contributed by atoms with Crippen molar-refractivity contribution in [3.63, 3.8) is 0 Å². The molecule has 3 atom stereocenters. The molecule has 4 heteroatoms. The van der Waals surface area contributed by atoms with Crippen LogP contribution in [0.15, 0.2) is 0 Å². The zero-order valence-electron chi connectivity index (χ0n) is 6.61. The van der Waals surface area contributed by atoms with Gasteiger partial charge >= 0.3 is 5.97 Å². The van der Waals surface area contributed by atoms with Crippen molar-refractivity contribution in [2.75, 3.05) is 0 Å². The second-order valence-electron chi connectivity index (χ2n) is 2.68. The summed E-state index contributed by atoms with van der Waals surface area (Å²) in [6, 6.07) is 0. The summed E-state index contributed by atoms with van der Waals surface area (Å²) in [5, 5.41) is 8.97. The van der Waals surface area contributed by atoms with E-state index in [1.54, 1.807) is 6.92 Å². The summed E-state index contributed by atoms with van der Waals surface area (Å²) < 4.78 is 9.82. The average Bonchev–Trinajstić information content (AvgIpc) is 2.09. The summed E-state index contributed by atoms with van der Waals surface area (Å²) in [7, 11) is 0. The molecule has 4 nitrogen and oxygen atoms in total. The molecule has 1 unspecified atom stereocenters. The van der Waals surface area contributed by atoms with Gasteiger partial charge in [0.2, 0.25) is 0 Å². The van der Waals surface area contributed by atoms with Gasteiger partial charge in [-0.1, -0.05) is 0 Å². The number of carbonyl (C=O) groups is 1. The Bertz CT molecular complexity index is 157. The minimum Gasteiger partial charge on any atom is -0.460 e. The Hall–Kier alpha value is -0.610. The van der Waals surface area contributed by atoms with E-state index in [2.05, 4.69) is 0 Å². The molecule has 1 fully saturated rings. The number of hydrogen-bond acceptors (Lipinski definition) is 4. The fourth-order valence-corrected chi connectivity index (χ4v) is 1.14. The summed E-state index contributed by atoms with van der Waals surface area (Å²) in [6.45, 7) is 3.11. The maximum absolute atomic E-state index is 10.5. The van der Waals surface area contributed by atoms with E-state index in [4.69, 9.17) is 14.6 Å². The predicted molar refractivity (Wildman–Crippen MR) is 36.7 cm³/mol. The lowest BCUT2D eigenvalue weighted by Crippen LogP contribution is -2.23. The Morgan fingerprint density at radius 2 is 2.36 bits per heavy atom. The molecule has 11 heavy (non-hydrogen) atoms. The van der Waals surface area contributed by atoms with Gasteiger partial charge in [0.25, 0.3) is 0 Å². The van der Waals surface area contributed by atoms with Gasteiger partial charge in [0.15, 0.2) is 6.29 Å². The van der Waals surface area contributed by atoms with E-state index in [-0.39, 0.29) is 18.2 Å². The van der Waals surface area contributed by atoms with Crippen LogP contribution in [0.1, 0.15) is 20.3 Å². The van der Waals surface area contributed by atoms with Crippen LogP contribution in [0.4, 0.5) is 0 Å². The lowest BCUT2D eigenvalue weighted by molar-refractivity contribution is -0.149. The van der Waals surface area contributed by atoms with Gasteiger partial charge in [0.1, 0.15) is 6.10 Å². The molecule has 64 valence electrons. The molecule has 1 aliphatic rings. The molecule has 1 N–H and O–H groups in total. The van der Waals surface area contributed by atoms with Crippen LogP contribution in [0.3, 0.4) is 0 Å². The number of aliphatic hydroxyl groups is 1. The lowest BCUT2D eigenvalue weighted by atomic mass is 10.2. The van der Waals surface area contributed by atoms with Crippen LogP contribution in [0.25, 0.3) is 0 Å². The summed E-state index contributed by atoms with van der Waals surface area (Å²) in [6.07, 6.45) is -0.897. The van der Waals surface area contributed by atoms with Crippen LogP contribution < -0.4 is 0 Å². The first-order chi connectivity index (χ1) is 5.09. The molecule has 0 radical (unpaired) electrons. The normalized spacial score (nSPS) is 37.2. The largest absolute Gasteiger partial charge is 0.460 e. The Morgan fingerprint density at radius 1 is 1.73 bits per heavy atom. The van der Waals surface area contributed by atoms with Crippen molar-refractivity contribution in [1.82, 2.24) is 0 Å². The third-order valence-electron chi connectivity index (χ3n) is 1.65. The number of esters is 1. The number of carbonyl (C=O) groups excluding carboxylic acids is 1. The maximum atomic E-state index is 10.5. The van der Waals surface area contributed by atoms with Crippen molar-refractivity contribution in [1.29, 1.82) is 0 Å². The topological polar surface area (TPSA) is 55.8 Å². The zero-order valence-corrected chi connectivity index (χ0v) is 6.61. The van der Waals surface area contributed by atoms with E-state index >= 15 is 0 Å². The number of ether oxygens (including phenoxy) is 2. The van der Waals surface area contributed by atoms with Gasteiger partial charge in [-0.15, -0.1) is 0 Å². The molecule has 0 aromatic heterocycles. The lowest BCUT2D eigenvalue weighted by Gasteiger charge is -2.12. The van der Waals surface area contributed by atoms with Crippen LogP contribution >= 0.6 is 0 Å². The second-order valence-corrected chi connectivity index (χ2v) is 2.68. The number of aliphatic hydroxyl groups excluding tert-OH is 1. The van der Waals surface area contributed by atoms with E-state index in [9.17, 15) is 4.79 Å². The highest BCUT2D eigenvalue weighted by atomic mass is 16.6. The predicted octanol–water partition coefficient (Wildman–Crippen LogP) is 0.0453. The number of hydrogen-bond donors (Lipinski definition) is 1. The molecule has 0 saturated carbocycles. The van der Waals surface area contributed by atoms with Gasteiger partial charge < -0.3 is 14.6 Å². The van der Waals surface area contributed by atoms with Crippen LogP contribution in [-0.2, 0) is 14.3 Å². The smallest absolute Gasteiger partial charge is 0.302 e. The van der Waals surface area contributed by atoms with E-state index in [0.717, 1.165) is 0 Å². The van der Waals surface area contributed by atoms with Crippen molar-refractivity contribution in [3.8, 4) is 0 Å². The molecular weight excluding hydrogens is 148 g/mol. The van der Waals surface area contributed by atoms with Crippen LogP contribution in [0.2, 0.25) is 0 Å². The Labute approximate surface area is 65.1 Å². The van der Waals surface area contributed by atoms with Gasteiger partial charge in [-0.05, 0) is 6.92 Å². The van der Waals surface area contributed by atoms with E-state index in [1.807, 2.05) is 0 Å². The maximum Gasteiger partial charge on any atom is 0.302 e. The molecule has 1 saturated heterocycles. The highest BCUT2D eigenvalue weighted by Gasteiger charge is 2.32. The zero-order chi connectivity index (χ0) is 8.43. The molecule has 0 aliphatic carbocycles. The molecule has 0 amide bonds. The molecule has 1 heterocycles. The minimum absolute atomic E-state index is 0.200. The summed E-state index contributed by atoms with van der Waals surface area (Å²) in [5.74, 6) is -0.334. The summed E-state index contributed by atoms with van der Waals surface area (Å²) in [5.41, 5.74) is 0. The Kier molecular flexibility index (Phi) is 2.46. The first kappa shape index (κ1) is 8.49. The quantitative estimate of drug-likeness (QED) is 0.550. The second kappa shape index (κ2) is 3.19. The van der Waals surface area contributed by atoms with Crippen LogP contribution in [-0.4, -0.2) is 29.6 Å². The Balaban J connectivity index is 2.40. The van der Waals surface area contributed by atoms with Crippen molar-refractivity contribution in [3.05, 3.63) is 0 Å². The SMILES string of the molecule is CC(=O)O[C@H]1CC(O)O[C@@H]1C. The van der Waals surface area contributed by atoms with E-state index in [0.29, 0.717) is 6.42 Å². The minimum atomic E-state index is -0.783. The molecule has 0 bridgehead atoms. The Morgan fingerprint density at radius 3 is 2.73 bits per heavy atom. The van der Waals surface area contributed by atoms with E-state index in [1.165, 1.54) is 6.92 Å². The van der Waals surface area contributed by atoms with Crippen molar-refractivity contribution < 1.29 is 19.4 Å². The first-order valence-electron chi connectivity index (χ1n) is 3.60. The van der Waals surface area contributed by atoms with Gasteiger partial charge in [-0.2, -0.15) is 0 Å². The van der Waals surface area contributed by atoms with Gasteiger partial charge in [0.05, 0.1) is 6.10 Å². The fourth-order valence-electron chi connectivity index (χ4n) is 1.14. The third kappa shape index (κ3) is 2.17.